The zero-order valence-corrected chi connectivity index (χ0v) is 4.74. The second-order valence-corrected chi connectivity index (χ2v) is 1.77. The molecule has 9 heavy (non-hydrogen) atoms. The van der Waals surface area contributed by atoms with Gasteiger partial charge < -0.3 is 0 Å². The van der Waals surface area contributed by atoms with E-state index in [0.29, 0.717) is 0 Å². The van der Waals surface area contributed by atoms with E-state index in [1.54, 1.807) is 30.4 Å². The quantitative estimate of drug-likeness (QED) is 0.479. The summed E-state index contributed by atoms with van der Waals surface area (Å²) in [6.45, 7) is 0. The van der Waals surface area contributed by atoms with Crippen LogP contribution < -0.4 is 0 Å². The number of hydrogen-bond donors (Lipinski definition) is 0. The molecule has 0 spiro atoms. The first kappa shape index (κ1) is 5.77. The summed E-state index contributed by atoms with van der Waals surface area (Å²) in [6.07, 6.45) is 6.93. The van der Waals surface area contributed by atoms with Crippen molar-refractivity contribution in [1.82, 2.24) is 0 Å². The van der Waals surface area contributed by atoms with E-state index < -0.39 is 0 Å². The smallest absolute Gasteiger partial charge is 0.242 e. The molecule has 1 aliphatic rings. The maximum atomic E-state index is 10.6. The Balaban J connectivity index is 2.67. The van der Waals surface area contributed by atoms with Crippen molar-refractivity contribution < 1.29 is 4.79 Å². The molecule has 0 saturated carbocycles. The summed E-state index contributed by atoms with van der Waals surface area (Å²) in [4.78, 5) is 10.6. The van der Waals surface area contributed by atoms with E-state index in [2.05, 4.69) is 0 Å². The van der Waals surface area contributed by atoms with Crippen LogP contribution in [0.1, 0.15) is 0 Å². The van der Waals surface area contributed by atoms with Gasteiger partial charge in [0.1, 0.15) is 6.07 Å². The lowest BCUT2D eigenvalue weighted by atomic mass is 10.1. The highest BCUT2D eigenvalue weighted by Gasteiger charge is 2.11. The van der Waals surface area contributed by atoms with Gasteiger partial charge in [0, 0.05) is 0 Å². The molecule has 0 aromatic heterocycles. The second-order valence-electron chi connectivity index (χ2n) is 1.77. The lowest BCUT2D eigenvalue weighted by Gasteiger charge is -1.90. The van der Waals surface area contributed by atoms with Crippen LogP contribution in [0.4, 0.5) is 0 Å². The number of hydrogen-bond acceptors (Lipinski definition) is 2. The number of allylic oxidation sites excluding steroid dienone is 4. The molecule has 0 radical (unpaired) electrons. The molecule has 0 fully saturated rings. The standard InChI is InChI=1S/C7H5NO/c8-5-7(9)6-3-1-2-4-6/h1-4,6H. The van der Waals surface area contributed by atoms with Gasteiger partial charge >= 0.3 is 0 Å². The van der Waals surface area contributed by atoms with Gasteiger partial charge in [0.15, 0.2) is 0 Å². The SMILES string of the molecule is N#CC(=O)C1C=CC=C1. The van der Waals surface area contributed by atoms with Crippen molar-refractivity contribution in [3.63, 3.8) is 0 Å². The summed E-state index contributed by atoms with van der Waals surface area (Å²) in [6, 6.07) is 1.57. The highest BCUT2D eigenvalue weighted by Crippen LogP contribution is 2.08. The molecule has 1 aliphatic carbocycles. The van der Waals surface area contributed by atoms with Crippen molar-refractivity contribution in [3.05, 3.63) is 24.3 Å². The van der Waals surface area contributed by atoms with Gasteiger partial charge in [-0.3, -0.25) is 4.79 Å². The van der Waals surface area contributed by atoms with Crippen molar-refractivity contribution in [2.75, 3.05) is 0 Å². The fourth-order valence-corrected chi connectivity index (χ4v) is 0.681. The molecule has 0 bridgehead atoms. The third-order valence-corrected chi connectivity index (χ3v) is 1.16. The zero-order valence-electron chi connectivity index (χ0n) is 4.74. The maximum Gasteiger partial charge on any atom is 0.242 e. The molecule has 2 nitrogen and oxygen atoms in total. The lowest BCUT2D eigenvalue weighted by Crippen LogP contribution is -2.03. The predicted octanol–water partition coefficient (Wildman–Crippen LogP) is 0.821. The maximum absolute atomic E-state index is 10.6. The molecule has 0 aliphatic heterocycles. The van der Waals surface area contributed by atoms with Gasteiger partial charge in [-0.15, -0.1) is 0 Å². The van der Waals surface area contributed by atoms with Crippen LogP contribution in [0.5, 0.6) is 0 Å². The van der Waals surface area contributed by atoms with E-state index in [-0.39, 0.29) is 11.7 Å². The van der Waals surface area contributed by atoms with Crippen molar-refractivity contribution >= 4 is 5.78 Å². The lowest BCUT2D eigenvalue weighted by molar-refractivity contribution is -0.115. The van der Waals surface area contributed by atoms with E-state index >= 15 is 0 Å². The molecule has 0 unspecified atom stereocenters. The van der Waals surface area contributed by atoms with Crippen molar-refractivity contribution in [2.24, 2.45) is 5.92 Å². The van der Waals surface area contributed by atoms with E-state index in [9.17, 15) is 4.79 Å². The Bertz CT molecular complexity index is 208. The molecule has 0 aromatic rings. The minimum Gasteiger partial charge on any atom is -0.282 e. The van der Waals surface area contributed by atoms with Gasteiger partial charge in [0.05, 0.1) is 5.92 Å². The minimum absolute atomic E-state index is 0.282. The van der Waals surface area contributed by atoms with E-state index in [1.807, 2.05) is 0 Å². The van der Waals surface area contributed by atoms with Gasteiger partial charge in [0.25, 0.3) is 0 Å². The Hall–Kier alpha value is -1.36. The Morgan fingerprint density at radius 3 is 2.44 bits per heavy atom. The zero-order chi connectivity index (χ0) is 6.69. The number of rotatable bonds is 1. The highest BCUT2D eigenvalue weighted by atomic mass is 16.1. The molecule has 0 aromatic carbocycles. The number of carbonyl (C=O) groups is 1. The first-order valence-corrected chi connectivity index (χ1v) is 2.63. The molecular formula is C7H5NO. The van der Waals surface area contributed by atoms with Gasteiger partial charge in [-0.2, -0.15) is 5.26 Å². The molecule has 1 rings (SSSR count). The molecule has 2 heteroatoms. The van der Waals surface area contributed by atoms with Crippen LogP contribution in [0.3, 0.4) is 0 Å². The Morgan fingerprint density at radius 1 is 1.44 bits per heavy atom. The van der Waals surface area contributed by atoms with Crippen LogP contribution in [0.15, 0.2) is 24.3 Å². The van der Waals surface area contributed by atoms with Crippen molar-refractivity contribution in [3.8, 4) is 6.07 Å². The molecule has 44 valence electrons. The van der Waals surface area contributed by atoms with E-state index in [4.69, 9.17) is 5.26 Å². The Kier molecular flexibility index (Phi) is 1.46. The molecule has 0 heterocycles. The third kappa shape index (κ3) is 1.06. The Morgan fingerprint density at radius 2 is 2.00 bits per heavy atom. The number of nitrogens with zero attached hydrogens (tertiary/aromatic N) is 1. The average molecular weight is 119 g/mol. The van der Waals surface area contributed by atoms with Crippen LogP contribution in [0.25, 0.3) is 0 Å². The second kappa shape index (κ2) is 2.27. The summed E-state index contributed by atoms with van der Waals surface area (Å²) in [5.41, 5.74) is 0. The van der Waals surface area contributed by atoms with Crippen molar-refractivity contribution in [2.45, 2.75) is 0 Å². The topological polar surface area (TPSA) is 40.9 Å². The van der Waals surface area contributed by atoms with Crippen LogP contribution in [0.2, 0.25) is 0 Å². The number of nitriles is 1. The predicted molar refractivity (Wildman–Crippen MR) is 32.4 cm³/mol. The first-order valence-electron chi connectivity index (χ1n) is 2.63. The largest absolute Gasteiger partial charge is 0.282 e. The average Bonchev–Trinajstić information content (AvgIpc) is 2.37. The summed E-state index contributed by atoms with van der Waals surface area (Å²) in [5.74, 6) is -0.671. The molecule has 0 N–H and O–H groups in total. The van der Waals surface area contributed by atoms with Crippen LogP contribution >= 0.6 is 0 Å². The van der Waals surface area contributed by atoms with Gasteiger partial charge in [-0.25, -0.2) is 0 Å². The number of Topliss-reactive ketones (excluding diaryl/α,β-unsaturated/α-hetero) is 1. The van der Waals surface area contributed by atoms with Crippen LogP contribution in [-0.2, 0) is 4.79 Å². The van der Waals surface area contributed by atoms with Gasteiger partial charge in [0.2, 0.25) is 5.78 Å². The van der Waals surface area contributed by atoms with Crippen molar-refractivity contribution in [1.29, 1.82) is 5.26 Å². The summed E-state index contributed by atoms with van der Waals surface area (Å²) in [5, 5.41) is 8.13. The summed E-state index contributed by atoms with van der Waals surface area (Å²) >= 11 is 0. The summed E-state index contributed by atoms with van der Waals surface area (Å²) in [7, 11) is 0. The molecular weight excluding hydrogens is 114 g/mol. The number of ketones is 1. The highest BCUT2D eigenvalue weighted by molar-refractivity contribution is 5.98. The fraction of sp³-hybridized carbons (Fsp3) is 0.143. The molecule has 0 amide bonds. The first-order chi connectivity index (χ1) is 4.34. The normalized spacial score (nSPS) is 15.9. The summed E-state index contributed by atoms with van der Waals surface area (Å²) < 4.78 is 0. The van der Waals surface area contributed by atoms with E-state index in [0.717, 1.165) is 0 Å². The van der Waals surface area contributed by atoms with E-state index in [1.165, 1.54) is 0 Å². The van der Waals surface area contributed by atoms with Gasteiger partial charge in [-0.05, 0) is 0 Å². The fourth-order valence-electron chi connectivity index (χ4n) is 0.681. The molecule has 0 atom stereocenters. The van der Waals surface area contributed by atoms with Gasteiger partial charge in [-0.1, -0.05) is 24.3 Å². The third-order valence-electron chi connectivity index (χ3n) is 1.16. The van der Waals surface area contributed by atoms with Crippen LogP contribution in [0, 0.1) is 17.2 Å². The number of carbonyl (C=O) groups excluding carboxylic acids is 1. The van der Waals surface area contributed by atoms with Crippen LogP contribution in [-0.4, -0.2) is 5.78 Å². The molecule has 0 saturated heterocycles. The minimum atomic E-state index is -0.389. The Labute approximate surface area is 53.1 Å². The monoisotopic (exact) mass is 119 g/mol.